The molecule has 2 aromatic carbocycles. The minimum absolute atomic E-state index is 0.291. The van der Waals surface area contributed by atoms with Crippen LogP contribution in [-0.4, -0.2) is 21.9 Å². The van der Waals surface area contributed by atoms with Crippen molar-refractivity contribution in [3.05, 3.63) is 58.9 Å². The molecule has 24 heavy (non-hydrogen) atoms. The summed E-state index contributed by atoms with van der Waals surface area (Å²) >= 11 is 7.68. The second-order valence-corrected chi connectivity index (χ2v) is 6.44. The van der Waals surface area contributed by atoms with Gasteiger partial charge in [0.05, 0.1) is 12.1 Å². The van der Waals surface area contributed by atoms with Crippen LogP contribution in [0.2, 0.25) is 5.02 Å². The third kappa shape index (κ3) is 3.39. The summed E-state index contributed by atoms with van der Waals surface area (Å²) in [6.45, 7) is 0. The minimum atomic E-state index is -0.291. The van der Waals surface area contributed by atoms with Gasteiger partial charge in [-0.1, -0.05) is 35.5 Å². The van der Waals surface area contributed by atoms with Crippen molar-refractivity contribution in [2.75, 3.05) is 7.11 Å². The van der Waals surface area contributed by atoms with Gasteiger partial charge < -0.3 is 9.30 Å². The number of benzene rings is 2. The Bertz CT molecular complexity index is 869. The highest BCUT2D eigenvalue weighted by Gasteiger charge is 2.14. The summed E-state index contributed by atoms with van der Waals surface area (Å²) in [5.74, 6) is 1.57. The molecule has 0 saturated heterocycles. The van der Waals surface area contributed by atoms with Gasteiger partial charge in [-0.25, -0.2) is 4.39 Å². The van der Waals surface area contributed by atoms with E-state index in [-0.39, 0.29) is 5.82 Å². The highest BCUT2D eigenvalue weighted by Crippen LogP contribution is 2.31. The van der Waals surface area contributed by atoms with Gasteiger partial charge in [-0.3, -0.25) is 0 Å². The van der Waals surface area contributed by atoms with Crippen LogP contribution in [0.15, 0.2) is 47.6 Å². The molecule has 0 atom stereocenters. The fraction of sp³-hybridized carbons (Fsp3) is 0.176. The first-order valence-corrected chi connectivity index (χ1v) is 8.56. The smallest absolute Gasteiger partial charge is 0.191 e. The number of methoxy groups -OCH3 is 1. The SMILES string of the molecule is COc1ccc(F)cc1CSc1nnc(-c2ccccc2Cl)n1C. The van der Waals surface area contributed by atoms with Crippen LogP contribution in [0.3, 0.4) is 0 Å². The maximum Gasteiger partial charge on any atom is 0.191 e. The minimum Gasteiger partial charge on any atom is -0.496 e. The molecule has 0 aliphatic rings. The number of ether oxygens (including phenoxy) is 1. The molecule has 0 unspecified atom stereocenters. The van der Waals surface area contributed by atoms with Crippen LogP contribution in [0.25, 0.3) is 11.4 Å². The Labute approximate surface area is 148 Å². The van der Waals surface area contributed by atoms with Gasteiger partial charge in [0.25, 0.3) is 0 Å². The zero-order valence-corrected chi connectivity index (χ0v) is 14.7. The van der Waals surface area contributed by atoms with E-state index in [1.807, 2.05) is 35.9 Å². The van der Waals surface area contributed by atoms with Crippen LogP contribution in [0.1, 0.15) is 5.56 Å². The number of hydrogen-bond acceptors (Lipinski definition) is 4. The van der Waals surface area contributed by atoms with E-state index in [2.05, 4.69) is 10.2 Å². The molecule has 3 rings (SSSR count). The van der Waals surface area contributed by atoms with Crippen molar-refractivity contribution in [3.8, 4) is 17.1 Å². The molecule has 0 aliphatic heterocycles. The molecule has 1 heterocycles. The second kappa shape index (κ2) is 7.23. The van der Waals surface area contributed by atoms with Gasteiger partial charge in [0.15, 0.2) is 11.0 Å². The molecular formula is C17H15ClFN3OS. The Morgan fingerprint density at radius 3 is 2.75 bits per heavy atom. The molecule has 0 saturated carbocycles. The zero-order chi connectivity index (χ0) is 17.1. The lowest BCUT2D eigenvalue weighted by Gasteiger charge is -2.08. The predicted molar refractivity (Wildman–Crippen MR) is 94.0 cm³/mol. The molecule has 0 fully saturated rings. The lowest BCUT2D eigenvalue weighted by molar-refractivity contribution is 0.410. The third-order valence-corrected chi connectivity index (χ3v) is 4.95. The molecular weight excluding hydrogens is 349 g/mol. The van der Waals surface area contributed by atoms with Gasteiger partial charge in [0.2, 0.25) is 0 Å². The Hall–Kier alpha value is -2.05. The van der Waals surface area contributed by atoms with Crippen molar-refractivity contribution in [1.82, 2.24) is 14.8 Å². The Morgan fingerprint density at radius 1 is 1.21 bits per heavy atom. The number of thioether (sulfide) groups is 1. The van der Waals surface area contributed by atoms with E-state index in [0.717, 1.165) is 16.3 Å². The predicted octanol–water partition coefficient (Wildman–Crippen LogP) is 4.58. The normalized spacial score (nSPS) is 10.8. The van der Waals surface area contributed by atoms with Gasteiger partial charge in [-0.05, 0) is 30.3 Å². The Balaban J connectivity index is 1.83. The van der Waals surface area contributed by atoms with E-state index in [4.69, 9.17) is 16.3 Å². The summed E-state index contributed by atoms with van der Waals surface area (Å²) in [5, 5.41) is 9.77. The van der Waals surface area contributed by atoms with Crippen LogP contribution in [0.5, 0.6) is 5.75 Å². The van der Waals surface area contributed by atoms with Gasteiger partial charge in [-0.15, -0.1) is 10.2 Å². The van der Waals surface area contributed by atoms with Crippen molar-refractivity contribution < 1.29 is 9.13 Å². The summed E-state index contributed by atoms with van der Waals surface area (Å²) in [6, 6.07) is 12.0. The maximum atomic E-state index is 13.4. The average molecular weight is 364 g/mol. The highest BCUT2D eigenvalue weighted by atomic mass is 35.5. The molecule has 124 valence electrons. The molecule has 0 aliphatic carbocycles. The molecule has 0 spiro atoms. The quantitative estimate of drug-likeness (QED) is 0.622. The zero-order valence-electron chi connectivity index (χ0n) is 13.2. The van der Waals surface area contributed by atoms with E-state index in [1.54, 1.807) is 13.2 Å². The molecule has 1 aromatic heterocycles. The Morgan fingerprint density at radius 2 is 2.00 bits per heavy atom. The number of aromatic nitrogens is 3. The molecule has 0 N–H and O–H groups in total. The van der Waals surface area contributed by atoms with E-state index < -0.39 is 0 Å². The summed E-state index contributed by atoms with van der Waals surface area (Å²) in [4.78, 5) is 0. The number of rotatable bonds is 5. The fourth-order valence-corrected chi connectivity index (χ4v) is 3.43. The molecule has 0 radical (unpaired) electrons. The van der Waals surface area contributed by atoms with Crippen molar-refractivity contribution in [2.45, 2.75) is 10.9 Å². The first-order valence-electron chi connectivity index (χ1n) is 7.19. The van der Waals surface area contributed by atoms with Crippen molar-refractivity contribution >= 4 is 23.4 Å². The first-order chi connectivity index (χ1) is 11.6. The summed E-state index contributed by atoms with van der Waals surface area (Å²) in [7, 11) is 3.45. The summed E-state index contributed by atoms with van der Waals surface area (Å²) in [6.07, 6.45) is 0. The highest BCUT2D eigenvalue weighted by molar-refractivity contribution is 7.98. The average Bonchev–Trinajstić information content (AvgIpc) is 2.94. The van der Waals surface area contributed by atoms with Crippen LogP contribution >= 0.6 is 23.4 Å². The number of hydrogen-bond donors (Lipinski definition) is 0. The van der Waals surface area contributed by atoms with Crippen LogP contribution < -0.4 is 4.74 Å². The largest absolute Gasteiger partial charge is 0.496 e. The molecule has 0 bridgehead atoms. The van der Waals surface area contributed by atoms with Gasteiger partial charge in [0, 0.05) is 23.9 Å². The molecule has 7 heteroatoms. The van der Waals surface area contributed by atoms with E-state index in [0.29, 0.717) is 22.3 Å². The number of nitrogens with zero attached hydrogens (tertiary/aromatic N) is 3. The van der Waals surface area contributed by atoms with Gasteiger partial charge in [-0.2, -0.15) is 0 Å². The Kier molecular flexibility index (Phi) is 5.06. The van der Waals surface area contributed by atoms with Crippen LogP contribution in [0.4, 0.5) is 4.39 Å². The third-order valence-electron chi connectivity index (χ3n) is 3.55. The number of halogens is 2. The standard InChI is InChI=1S/C17H15ClFN3OS/c1-22-16(13-5-3-4-6-14(13)18)20-21-17(22)24-10-11-9-12(19)7-8-15(11)23-2/h3-9H,10H2,1-2H3. The summed E-state index contributed by atoms with van der Waals surface area (Å²) < 4.78 is 20.6. The van der Waals surface area contributed by atoms with Crippen molar-refractivity contribution in [1.29, 1.82) is 0 Å². The summed E-state index contributed by atoms with van der Waals surface area (Å²) in [5.41, 5.74) is 1.59. The molecule has 3 aromatic rings. The topological polar surface area (TPSA) is 39.9 Å². The van der Waals surface area contributed by atoms with E-state index in [1.165, 1.54) is 23.9 Å². The van der Waals surface area contributed by atoms with Crippen molar-refractivity contribution in [3.63, 3.8) is 0 Å². The van der Waals surface area contributed by atoms with Crippen LogP contribution in [-0.2, 0) is 12.8 Å². The van der Waals surface area contributed by atoms with E-state index in [9.17, 15) is 4.39 Å². The lowest BCUT2D eigenvalue weighted by Crippen LogP contribution is -1.96. The van der Waals surface area contributed by atoms with Gasteiger partial charge >= 0.3 is 0 Å². The second-order valence-electron chi connectivity index (χ2n) is 5.09. The van der Waals surface area contributed by atoms with Crippen LogP contribution in [0, 0.1) is 5.82 Å². The lowest BCUT2D eigenvalue weighted by atomic mass is 10.2. The molecule has 4 nitrogen and oxygen atoms in total. The van der Waals surface area contributed by atoms with Gasteiger partial charge in [0.1, 0.15) is 11.6 Å². The first kappa shape index (κ1) is 16.8. The molecule has 0 amide bonds. The van der Waals surface area contributed by atoms with Crippen molar-refractivity contribution in [2.24, 2.45) is 7.05 Å². The monoisotopic (exact) mass is 363 g/mol. The van der Waals surface area contributed by atoms with E-state index >= 15 is 0 Å². The maximum absolute atomic E-state index is 13.4. The fourth-order valence-electron chi connectivity index (χ4n) is 2.32.